The SMILES string of the molecule is CC(=O)N(C(=O)/C(C#N)=C\Nc1cc(Cl)ccc1O)c1ccc(N)cc1. The van der Waals surface area contributed by atoms with Gasteiger partial charge in [0.05, 0.1) is 11.4 Å². The number of rotatable bonds is 4. The molecule has 0 saturated carbocycles. The molecule has 0 fully saturated rings. The monoisotopic (exact) mass is 370 g/mol. The molecule has 0 radical (unpaired) electrons. The quantitative estimate of drug-likeness (QED) is 0.329. The van der Waals surface area contributed by atoms with Gasteiger partial charge in [-0.2, -0.15) is 5.26 Å². The normalized spacial score (nSPS) is 10.7. The van der Waals surface area contributed by atoms with Crippen molar-refractivity contribution in [3.8, 4) is 11.8 Å². The molecule has 2 amide bonds. The zero-order valence-electron chi connectivity index (χ0n) is 13.7. The number of nitrogens with two attached hydrogens (primary N) is 1. The molecule has 0 bridgehead atoms. The van der Waals surface area contributed by atoms with Crippen molar-refractivity contribution < 1.29 is 14.7 Å². The average molecular weight is 371 g/mol. The molecule has 0 aliphatic carbocycles. The zero-order chi connectivity index (χ0) is 19.3. The van der Waals surface area contributed by atoms with Gasteiger partial charge in [0.15, 0.2) is 0 Å². The van der Waals surface area contributed by atoms with Crippen LogP contribution in [-0.2, 0) is 9.59 Å². The van der Waals surface area contributed by atoms with Crippen LogP contribution >= 0.6 is 11.6 Å². The van der Waals surface area contributed by atoms with Crippen molar-refractivity contribution >= 4 is 40.5 Å². The zero-order valence-corrected chi connectivity index (χ0v) is 14.5. The van der Waals surface area contributed by atoms with E-state index < -0.39 is 11.8 Å². The van der Waals surface area contributed by atoms with E-state index in [1.54, 1.807) is 6.07 Å². The van der Waals surface area contributed by atoms with Crippen LogP contribution in [0.25, 0.3) is 0 Å². The third kappa shape index (κ3) is 4.32. The highest BCUT2D eigenvalue weighted by Crippen LogP contribution is 2.27. The largest absolute Gasteiger partial charge is 0.506 e. The summed E-state index contributed by atoms with van der Waals surface area (Å²) in [5.74, 6) is -1.50. The number of nitriles is 1. The minimum Gasteiger partial charge on any atom is -0.506 e. The summed E-state index contributed by atoms with van der Waals surface area (Å²) in [7, 11) is 0. The third-order valence-electron chi connectivity index (χ3n) is 3.35. The van der Waals surface area contributed by atoms with Crippen LogP contribution in [0.2, 0.25) is 5.02 Å². The molecule has 0 aliphatic rings. The average Bonchev–Trinajstić information content (AvgIpc) is 2.60. The maximum atomic E-state index is 12.6. The predicted molar refractivity (Wildman–Crippen MR) is 99.5 cm³/mol. The molecule has 0 aromatic heterocycles. The fraction of sp³-hybridized carbons (Fsp3) is 0.0556. The molecular weight excluding hydrogens is 356 g/mol. The molecule has 0 spiro atoms. The maximum absolute atomic E-state index is 12.6. The number of imide groups is 1. The molecule has 26 heavy (non-hydrogen) atoms. The van der Waals surface area contributed by atoms with E-state index >= 15 is 0 Å². The number of anilines is 3. The molecule has 4 N–H and O–H groups in total. The van der Waals surface area contributed by atoms with Gasteiger partial charge in [-0.15, -0.1) is 0 Å². The lowest BCUT2D eigenvalue weighted by atomic mass is 10.2. The van der Waals surface area contributed by atoms with Crippen LogP contribution in [0.4, 0.5) is 17.1 Å². The Morgan fingerprint density at radius 2 is 1.92 bits per heavy atom. The Labute approximate surface area is 154 Å². The molecule has 0 unspecified atom stereocenters. The van der Waals surface area contributed by atoms with Crippen molar-refractivity contribution in [2.45, 2.75) is 6.92 Å². The fourth-order valence-electron chi connectivity index (χ4n) is 2.10. The van der Waals surface area contributed by atoms with Crippen LogP contribution in [-0.4, -0.2) is 16.9 Å². The summed E-state index contributed by atoms with van der Waals surface area (Å²) in [5.41, 5.74) is 6.23. The van der Waals surface area contributed by atoms with Crippen molar-refractivity contribution in [1.82, 2.24) is 0 Å². The summed E-state index contributed by atoms with van der Waals surface area (Å²) >= 11 is 5.85. The standard InChI is InChI=1S/C18H15ClN4O3/c1-11(24)23(15-5-3-14(21)4-6-15)18(26)12(9-20)10-22-16-8-13(19)2-7-17(16)25/h2-8,10,22,25H,21H2,1H3/b12-10-. The summed E-state index contributed by atoms with van der Waals surface area (Å²) < 4.78 is 0. The van der Waals surface area contributed by atoms with E-state index in [-0.39, 0.29) is 22.7 Å². The van der Waals surface area contributed by atoms with E-state index in [0.717, 1.165) is 11.1 Å². The molecule has 2 aromatic rings. The minimum atomic E-state index is -0.821. The number of carbonyl (C=O) groups excluding carboxylic acids is 2. The van der Waals surface area contributed by atoms with E-state index in [4.69, 9.17) is 17.3 Å². The number of nitrogens with one attached hydrogen (secondary N) is 1. The highest BCUT2D eigenvalue weighted by atomic mass is 35.5. The number of halogens is 1. The van der Waals surface area contributed by atoms with Gasteiger partial charge in [0.2, 0.25) is 5.91 Å². The molecule has 0 atom stereocenters. The number of hydrogen-bond donors (Lipinski definition) is 3. The van der Waals surface area contributed by atoms with Crippen molar-refractivity contribution in [3.63, 3.8) is 0 Å². The molecule has 0 heterocycles. The van der Waals surface area contributed by atoms with Crippen LogP contribution in [0.5, 0.6) is 5.75 Å². The molecule has 8 heteroatoms. The first kappa shape index (κ1) is 18.8. The van der Waals surface area contributed by atoms with Crippen molar-refractivity contribution in [2.24, 2.45) is 0 Å². The van der Waals surface area contributed by atoms with Crippen molar-refractivity contribution in [3.05, 3.63) is 59.3 Å². The van der Waals surface area contributed by atoms with E-state index in [9.17, 15) is 20.0 Å². The molecule has 0 aliphatic heterocycles. The Balaban J connectivity index is 2.33. The number of nitrogen functional groups attached to an aromatic ring is 1. The number of phenols is 1. The predicted octanol–water partition coefficient (Wildman–Crippen LogP) is 3.03. The third-order valence-corrected chi connectivity index (χ3v) is 3.59. The van der Waals surface area contributed by atoms with E-state index in [1.165, 1.54) is 49.4 Å². The number of aromatic hydroxyl groups is 1. The number of amides is 2. The summed E-state index contributed by atoms with van der Waals surface area (Å²) in [6.07, 6.45) is 1.10. The molecule has 2 rings (SSSR count). The Morgan fingerprint density at radius 3 is 2.50 bits per heavy atom. The first-order valence-corrected chi connectivity index (χ1v) is 7.77. The Bertz CT molecular complexity index is 917. The topological polar surface area (TPSA) is 119 Å². The molecule has 132 valence electrons. The van der Waals surface area contributed by atoms with Crippen LogP contribution in [0.1, 0.15) is 6.92 Å². The minimum absolute atomic E-state index is 0.114. The first-order valence-electron chi connectivity index (χ1n) is 7.39. The lowest BCUT2D eigenvalue weighted by molar-refractivity contribution is -0.123. The van der Waals surface area contributed by atoms with Crippen LogP contribution in [0, 0.1) is 11.3 Å². The van der Waals surface area contributed by atoms with Gasteiger partial charge >= 0.3 is 0 Å². The molecule has 2 aromatic carbocycles. The second-order valence-corrected chi connectivity index (χ2v) is 5.66. The lowest BCUT2D eigenvalue weighted by Crippen LogP contribution is -2.36. The summed E-state index contributed by atoms with van der Waals surface area (Å²) in [4.78, 5) is 25.4. The van der Waals surface area contributed by atoms with Gasteiger partial charge in [-0.05, 0) is 42.5 Å². The van der Waals surface area contributed by atoms with Crippen LogP contribution < -0.4 is 16.0 Å². The molecule has 0 saturated heterocycles. The maximum Gasteiger partial charge on any atom is 0.277 e. The van der Waals surface area contributed by atoms with E-state index in [1.807, 2.05) is 0 Å². The number of benzene rings is 2. The van der Waals surface area contributed by atoms with E-state index in [2.05, 4.69) is 5.32 Å². The van der Waals surface area contributed by atoms with Crippen molar-refractivity contribution in [2.75, 3.05) is 16.0 Å². The lowest BCUT2D eigenvalue weighted by Gasteiger charge is -2.19. The molecular formula is C18H15ClN4O3. The molecule has 7 nitrogen and oxygen atoms in total. The number of phenolic OH excluding ortho intramolecular Hbond substituents is 1. The van der Waals surface area contributed by atoms with Gasteiger partial charge in [0, 0.05) is 23.8 Å². The number of nitrogens with zero attached hydrogens (tertiary/aromatic N) is 2. The summed E-state index contributed by atoms with van der Waals surface area (Å²) in [5, 5.41) is 22.1. The first-order chi connectivity index (χ1) is 12.3. The fourth-order valence-corrected chi connectivity index (χ4v) is 2.27. The second-order valence-electron chi connectivity index (χ2n) is 5.23. The number of hydrogen-bond acceptors (Lipinski definition) is 6. The van der Waals surface area contributed by atoms with Gasteiger partial charge in [0.1, 0.15) is 17.4 Å². The van der Waals surface area contributed by atoms with Gasteiger partial charge in [-0.1, -0.05) is 11.6 Å². The second kappa shape index (κ2) is 8.05. The smallest absolute Gasteiger partial charge is 0.277 e. The highest BCUT2D eigenvalue weighted by Gasteiger charge is 2.24. The van der Waals surface area contributed by atoms with Gasteiger partial charge < -0.3 is 16.2 Å². The van der Waals surface area contributed by atoms with Crippen LogP contribution in [0.15, 0.2) is 54.2 Å². The van der Waals surface area contributed by atoms with Crippen LogP contribution in [0.3, 0.4) is 0 Å². The Hall–Kier alpha value is -3.50. The Kier molecular flexibility index (Phi) is 5.83. The van der Waals surface area contributed by atoms with Gasteiger partial charge in [0.25, 0.3) is 5.91 Å². The van der Waals surface area contributed by atoms with Crippen molar-refractivity contribution in [1.29, 1.82) is 5.26 Å². The summed E-state index contributed by atoms with van der Waals surface area (Å²) in [6.45, 7) is 1.21. The number of carbonyl (C=O) groups is 2. The highest BCUT2D eigenvalue weighted by molar-refractivity contribution is 6.31. The summed E-state index contributed by atoms with van der Waals surface area (Å²) in [6, 6.07) is 12.1. The van der Waals surface area contributed by atoms with Gasteiger partial charge in [-0.25, -0.2) is 4.90 Å². The Morgan fingerprint density at radius 1 is 1.27 bits per heavy atom. The van der Waals surface area contributed by atoms with Gasteiger partial charge in [-0.3, -0.25) is 9.59 Å². The van der Waals surface area contributed by atoms with E-state index in [0.29, 0.717) is 10.7 Å².